The molecule has 1 aromatic heterocycles. The lowest BCUT2D eigenvalue weighted by molar-refractivity contribution is -0.149. The van der Waals surface area contributed by atoms with E-state index < -0.39 is 11.9 Å². The van der Waals surface area contributed by atoms with Gasteiger partial charge in [-0.1, -0.05) is 6.92 Å². The number of nitrogens with zero attached hydrogens (tertiary/aromatic N) is 1. The summed E-state index contributed by atoms with van der Waals surface area (Å²) in [7, 11) is 1.41. The Bertz CT molecular complexity index is 447. The zero-order chi connectivity index (χ0) is 13.5. The number of carbonyl (C=O) groups is 2. The van der Waals surface area contributed by atoms with E-state index in [1.54, 1.807) is 6.92 Å². The van der Waals surface area contributed by atoms with E-state index in [0.29, 0.717) is 0 Å². The van der Waals surface area contributed by atoms with Crippen LogP contribution in [0.1, 0.15) is 23.8 Å². The summed E-state index contributed by atoms with van der Waals surface area (Å²) in [5.41, 5.74) is 5.07. The fraction of sp³-hybridized carbons (Fsp3) is 0.364. The number of aromatic nitrogens is 1. The highest BCUT2D eigenvalue weighted by Crippen LogP contribution is 2.29. The van der Waals surface area contributed by atoms with Crippen LogP contribution in [0.15, 0.2) is 12.3 Å². The average molecular weight is 254 g/mol. The number of nitrogens with two attached hydrogens (primary N) is 1. The number of primary amides is 1. The van der Waals surface area contributed by atoms with Crippen LogP contribution < -0.4 is 15.2 Å². The van der Waals surface area contributed by atoms with Crippen molar-refractivity contribution >= 4 is 11.9 Å². The van der Waals surface area contributed by atoms with Gasteiger partial charge >= 0.3 is 5.97 Å². The van der Waals surface area contributed by atoms with E-state index in [4.69, 9.17) is 19.9 Å². The summed E-state index contributed by atoms with van der Waals surface area (Å²) in [6.07, 6.45) is 1.60. The number of ether oxygens (including phenoxy) is 3. The molecule has 18 heavy (non-hydrogen) atoms. The Morgan fingerprint density at radius 2 is 2.17 bits per heavy atom. The number of methoxy groups -OCH3 is 1. The molecule has 0 saturated heterocycles. The first-order chi connectivity index (χ1) is 8.60. The molecule has 7 heteroatoms. The van der Waals surface area contributed by atoms with Gasteiger partial charge in [0.2, 0.25) is 6.79 Å². The molecule has 1 aromatic rings. The number of pyridine rings is 1. The maximum Gasteiger partial charge on any atom is 0.308 e. The van der Waals surface area contributed by atoms with Crippen molar-refractivity contribution in [1.29, 1.82) is 0 Å². The normalized spacial score (nSPS) is 9.67. The molecule has 0 fully saturated rings. The van der Waals surface area contributed by atoms with E-state index in [1.807, 2.05) is 0 Å². The molecule has 7 nitrogen and oxygen atoms in total. The molecule has 0 spiro atoms. The number of carbonyl (C=O) groups excluding carboxylic acids is 2. The Balaban J connectivity index is 2.84. The first-order valence-electron chi connectivity index (χ1n) is 5.21. The van der Waals surface area contributed by atoms with Crippen LogP contribution in [0.2, 0.25) is 0 Å². The van der Waals surface area contributed by atoms with Crippen LogP contribution in [0, 0.1) is 0 Å². The van der Waals surface area contributed by atoms with Crippen LogP contribution in [0.4, 0.5) is 0 Å². The lowest BCUT2D eigenvalue weighted by Crippen LogP contribution is -2.17. The molecule has 0 aromatic carbocycles. The van der Waals surface area contributed by atoms with Crippen molar-refractivity contribution in [3.8, 4) is 11.5 Å². The van der Waals surface area contributed by atoms with E-state index in [0.717, 1.165) is 0 Å². The van der Waals surface area contributed by atoms with Gasteiger partial charge in [-0.2, -0.15) is 0 Å². The SMILES string of the molecule is CCC(=O)OCOc1c(OC)ccnc1C(N)=O. The molecular weight excluding hydrogens is 240 g/mol. The molecule has 0 aliphatic rings. The highest BCUT2D eigenvalue weighted by atomic mass is 16.7. The third-order valence-corrected chi connectivity index (χ3v) is 2.03. The average Bonchev–Trinajstić information content (AvgIpc) is 2.38. The highest BCUT2D eigenvalue weighted by molar-refractivity contribution is 5.94. The molecule has 1 rings (SSSR count). The van der Waals surface area contributed by atoms with Crippen LogP contribution in [-0.2, 0) is 9.53 Å². The first kappa shape index (κ1) is 13.8. The number of hydrogen-bond donors (Lipinski definition) is 1. The summed E-state index contributed by atoms with van der Waals surface area (Å²) in [5, 5.41) is 0. The van der Waals surface area contributed by atoms with Gasteiger partial charge < -0.3 is 19.9 Å². The Hall–Kier alpha value is -2.31. The summed E-state index contributed by atoms with van der Waals surface area (Å²) < 4.78 is 14.9. The van der Waals surface area contributed by atoms with Crippen molar-refractivity contribution in [3.63, 3.8) is 0 Å². The third kappa shape index (κ3) is 3.34. The zero-order valence-corrected chi connectivity index (χ0v) is 10.1. The minimum absolute atomic E-state index is 0.0522. The molecule has 0 aliphatic heterocycles. The molecule has 0 bridgehead atoms. The van der Waals surface area contributed by atoms with Gasteiger partial charge in [-0.15, -0.1) is 0 Å². The van der Waals surface area contributed by atoms with Gasteiger partial charge in [0.15, 0.2) is 17.2 Å². The largest absolute Gasteiger partial charge is 0.493 e. The van der Waals surface area contributed by atoms with E-state index in [2.05, 4.69) is 4.98 Å². The van der Waals surface area contributed by atoms with Crippen LogP contribution in [0.3, 0.4) is 0 Å². The van der Waals surface area contributed by atoms with Gasteiger partial charge in [0, 0.05) is 18.7 Å². The predicted molar refractivity (Wildman–Crippen MR) is 61.2 cm³/mol. The zero-order valence-electron chi connectivity index (χ0n) is 10.1. The monoisotopic (exact) mass is 254 g/mol. The van der Waals surface area contributed by atoms with E-state index in [9.17, 15) is 9.59 Å². The van der Waals surface area contributed by atoms with Gasteiger partial charge in [0.05, 0.1) is 7.11 Å². The van der Waals surface area contributed by atoms with Gasteiger partial charge in [-0.05, 0) is 0 Å². The molecule has 0 radical (unpaired) electrons. The van der Waals surface area contributed by atoms with Crippen molar-refractivity contribution in [2.75, 3.05) is 13.9 Å². The summed E-state index contributed by atoms with van der Waals surface area (Å²) in [4.78, 5) is 25.9. The molecule has 0 saturated carbocycles. The molecule has 0 aliphatic carbocycles. The molecule has 98 valence electrons. The van der Waals surface area contributed by atoms with Gasteiger partial charge in [0.1, 0.15) is 0 Å². The molecule has 1 amide bonds. The fourth-order valence-electron chi connectivity index (χ4n) is 1.16. The fourth-order valence-corrected chi connectivity index (χ4v) is 1.16. The standard InChI is InChI=1S/C11H14N2O5/c1-3-8(14)17-6-18-10-7(16-2)4-5-13-9(10)11(12)15/h4-5H,3,6H2,1-2H3,(H2,12,15). The molecule has 1 heterocycles. The van der Waals surface area contributed by atoms with Crippen LogP contribution in [-0.4, -0.2) is 30.8 Å². The Labute approximate surface area is 104 Å². The predicted octanol–water partition coefficient (Wildman–Crippen LogP) is 0.479. The summed E-state index contributed by atoms with van der Waals surface area (Å²) in [6.45, 7) is 1.32. The minimum atomic E-state index is -0.759. The van der Waals surface area contributed by atoms with Crippen LogP contribution in [0.5, 0.6) is 11.5 Å². The third-order valence-electron chi connectivity index (χ3n) is 2.03. The van der Waals surface area contributed by atoms with Gasteiger partial charge in [-0.25, -0.2) is 4.98 Å². The topological polar surface area (TPSA) is 101 Å². The maximum atomic E-state index is 11.2. The molecule has 0 atom stereocenters. The first-order valence-corrected chi connectivity index (χ1v) is 5.21. The lowest BCUT2D eigenvalue weighted by atomic mass is 10.3. The van der Waals surface area contributed by atoms with Crippen LogP contribution in [0.25, 0.3) is 0 Å². The smallest absolute Gasteiger partial charge is 0.308 e. The van der Waals surface area contributed by atoms with E-state index in [1.165, 1.54) is 19.4 Å². The van der Waals surface area contributed by atoms with Crippen molar-refractivity contribution in [3.05, 3.63) is 18.0 Å². The Morgan fingerprint density at radius 3 is 2.72 bits per heavy atom. The highest BCUT2D eigenvalue weighted by Gasteiger charge is 2.16. The molecular formula is C11H14N2O5. The summed E-state index contributed by atoms with van der Waals surface area (Å²) >= 11 is 0. The number of esters is 1. The second-order valence-corrected chi connectivity index (χ2v) is 3.19. The Morgan fingerprint density at radius 1 is 1.44 bits per heavy atom. The minimum Gasteiger partial charge on any atom is -0.493 e. The van der Waals surface area contributed by atoms with E-state index in [-0.39, 0.29) is 30.4 Å². The second kappa shape index (κ2) is 6.43. The quantitative estimate of drug-likeness (QED) is 0.585. The second-order valence-electron chi connectivity index (χ2n) is 3.19. The molecule has 2 N–H and O–H groups in total. The summed E-state index contributed by atoms with van der Waals surface area (Å²) in [6, 6.07) is 1.50. The van der Waals surface area contributed by atoms with Crippen molar-refractivity contribution in [1.82, 2.24) is 4.98 Å². The number of hydrogen-bond acceptors (Lipinski definition) is 6. The lowest BCUT2D eigenvalue weighted by Gasteiger charge is -2.12. The maximum absolute atomic E-state index is 11.2. The Kier molecular flexibility index (Phi) is 4.91. The number of rotatable bonds is 6. The van der Waals surface area contributed by atoms with Crippen molar-refractivity contribution < 1.29 is 23.8 Å². The number of amides is 1. The molecule has 0 unspecified atom stereocenters. The van der Waals surface area contributed by atoms with Crippen molar-refractivity contribution in [2.45, 2.75) is 13.3 Å². The van der Waals surface area contributed by atoms with Gasteiger partial charge in [-0.3, -0.25) is 9.59 Å². The van der Waals surface area contributed by atoms with Gasteiger partial charge in [0.25, 0.3) is 5.91 Å². The van der Waals surface area contributed by atoms with Crippen molar-refractivity contribution in [2.24, 2.45) is 5.73 Å². The van der Waals surface area contributed by atoms with Crippen LogP contribution >= 0.6 is 0 Å². The summed E-state index contributed by atoms with van der Waals surface area (Å²) in [5.74, 6) is -0.841. The van der Waals surface area contributed by atoms with E-state index >= 15 is 0 Å².